The predicted molar refractivity (Wildman–Crippen MR) is 66.5 cm³/mol. The molecular weight excluding hydrogens is 274 g/mol. The molecule has 1 aromatic heterocycles. The highest BCUT2D eigenvalue weighted by Crippen LogP contribution is 2.38. The number of aromatic nitrogens is 2. The van der Waals surface area contributed by atoms with Crippen LogP contribution in [0.2, 0.25) is 0 Å². The summed E-state index contributed by atoms with van der Waals surface area (Å²) in [5, 5.41) is 6.88. The van der Waals surface area contributed by atoms with Gasteiger partial charge in [0.2, 0.25) is 0 Å². The summed E-state index contributed by atoms with van der Waals surface area (Å²) in [7, 11) is 1.76. The molecule has 0 aliphatic heterocycles. The van der Waals surface area contributed by atoms with Gasteiger partial charge < -0.3 is 5.32 Å². The summed E-state index contributed by atoms with van der Waals surface area (Å²) in [4.78, 5) is 0. The average molecular weight is 287 g/mol. The first kappa shape index (κ1) is 14.5. The van der Waals surface area contributed by atoms with E-state index in [1.807, 2.05) is 0 Å². The van der Waals surface area contributed by atoms with Crippen molar-refractivity contribution in [1.29, 1.82) is 0 Å². The second kappa shape index (κ2) is 5.62. The van der Waals surface area contributed by atoms with E-state index in [1.165, 1.54) is 29.2 Å². The third kappa shape index (κ3) is 2.98. The van der Waals surface area contributed by atoms with Gasteiger partial charge in [-0.05, 0) is 18.7 Å². The van der Waals surface area contributed by atoms with E-state index in [-0.39, 0.29) is 11.1 Å². The molecule has 108 valence electrons. The first-order chi connectivity index (χ1) is 9.43. The fourth-order valence-electron chi connectivity index (χ4n) is 1.90. The van der Waals surface area contributed by atoms with Gasteiger partial charge in [-0.1, -0.05) is 12.1 Å². The van der Waals surface area contributed by atoms with Crippen molar-refractivity contribution in [3.05, 3.63) is 42.0 Å². The molecule has 0 radical (unpaired) electrons. The summed E-state index contributed by atoms with van der Waals surface area (Å²) in [6, 6.07) is 3.30. The number of likely N-dealkylation sites (N-methyl/N-ethyl adjacent to an activating group) is 1. The first-order valence-electron chi connectivity index (χ1n) is 5.96. The number of nitrogens with one attached hydrogen (secondary N) is 1. The fourth-order valence-corrected chi connectivity index (χ4v) is 1.90. The fraction of sp³-hybridized carbons (Fsp3) is 0.308. The van der Waals surface area contributed by atoms with Crippen LogP contribution in [0.1, 0.15) is 5.56 Å². The predicted octanol–water partition coefficient (Wildman–Crippen LogP) is 2.93. The lowest BCUT2D eigenvalue weighted by molar-refractivity contribution is -0.139. The Morgan fingerprint density at radius 2 is 2.05 bits per heavy atom. The number of rotatable bonds is 4. The molecule has 1 aromatic carbocycles. The van der Waals surface area contributed by atoms with Gasteiger partial charge in [0.1, 0.15) is 5.82 Å². The molecule has 0 aliphatic rings. The normalized spacial score (nSPS) is 11.8. The maximum absolute atomic E-state index is 13.5. The maximum atomic E-state index is 13.5. The molecule has 20 heavy (non-hydrogen) atoms. The Balaban J connectivity index is 2.42. The van der Waals surface area contributed by atoms with Crippen molar-refractivity contribution in [2.45, 2.75) is 12.7 Å². The van der Waals surface area contributed by atoms with Crippen LogP contribution in [0.15, 0.2) is 30.6 Å². The van der Waals surface area contributed by atoms with Crippen molar-refractivity contribution in [1.82, 2.24) is 15.1 Å². The summed E-state index contributed by atoms with van der Waals surface area (Å²) >= 11 is 0. The Morgan fingerprint density at radius 1 is 1.30 bits per heavy atom. The van der Waals surface area contributed by atoms with Gasteiger partial charge in [0.25, 0.3) is 0 Å². The Hall–Kier alpha value is -1.89. The molecule has 0 bridgehead atoms. The van der Waals surface area contributed by atoms with Crippen molar-refractivity contribution in [2.24, 2.45) is 0 Å². The minimum atomic E-state index is -4.74. The molecule has 1 heterocycles. The van der Waals surface area contributed by atoms with Crippen LogP contribution in [0.5, 0.6) is 0 Å². The summed E-state index contributed by atoms with van der Waals surface area (Å²) in [5.41, 5.74) is -1.21. The molecule has 3 nitrogen and oxygen atoms in total. The van der Waals surface area contributed by atoms with E-state index in [4.69, 9.17) is 0 Å². The molecule has 0 saturated heterocycles. The zero-order valence-electron chi connectivity index (χ0n) is 10.7. The van der Waals surface area contributed by atoms with E-state index < -0.39 is 17.6 Å². The van der Waals surface area contributed by atoms with Gasteiger partial charge in [-0.2, -0.15) is 18.3 Å². The molecular formula is C13H13F4N3. The lowest BCUT2D eigenvalue weighted by Crippen LogP contribution is -2.15. The van der Waals surface area contributed by atoms with Crippen LogP contribution < -0.4 is 5.32 Å². The van der Waals surface area contributed by atoms with Gasteiger partial charge in [0, 0.05) is 18.3 Å². The summed E-state index contributed by atoms with van der Waals surface area (Å²) < 4.78 is 53.8. The highest BCUT2D eigenvalue weighted by molar-refractivity contribution is 5.67. The summed E-state index contributed by atoms with van der Waals surface area (Å²) in [6.07, 6.45) is -1.96. The van der Waals surface area contributed by atoms with Crippen LogP contribution in [0.3, 0.4) is 0 Å². The third-order valence-electron chi connectivity index (χ3n) is 2.83. The SMILES string of the molecule is CNCCn1cc(-c2cccc(F)c2C(F)(F)F)cn1. The minimum Gasteiger partial charge on any atom is -0.318 e. The van der Waals surface area contributed by atoms with Crippen molar-refractivity contribution >= 4 is 0 Å². The van der Waals surface area contributed by atoms with E-state index in [2.05, 4.69) is 10.4 Å². The topological polar surface area (TPSA) is 29.9 Å². The molecule has 0 fully saturated rings. The zero-order chi connectivity index (χ0) is 14.8. The second-order valence-electron chi connectivity index (χ2n) is 4.26. The quantitative estimate of drug-likeness (QED) is 0.876. The molecule has 0 amide bonds. The molecule has 0 unspecified atom stereocenters. The van der Waals surface area contributed by atoms with Gasteiger partial charge in [-0.3, -0.25) is 4.68 Å². The average Bonchev–Trinajstić information content (AvgIpc) is 2.83. The van der Waals surface area contributed by atoms with Crippen LogP contribution in [-0.4, -0.2) is 23.4 Å². The number of nitrogens with zero attached hydrogens (tertiary/aromatic N) is 2. The molecule has 7 heteroatoms. The monoisotopic (exact) mass is 287 g/mol. The van der Waals surface area contributed by atoms with E-state index in [9.17, 15) is 17.6 Å². The number of alkyl halides is 3. The van der Waals surface area contributed by atoms with Crippen LogP contribution in [0.4, 0.5) is 17.6 Å². The van der Waals surface area contributed by atoms with E-state index in [0.717, 1.165) is 6.07 Å². The van der Waals surface area contributed by atoms with Gasteiger partial charge >= 0.3 is 6.18 Å². The van der Waals surface area contributed by atoms with Crippen LogP contribution in [0.25, 0.3) is 11.1 Å². The minimum absolute atomic E-state index is 0.201. The van der Waals surface area contributed by atoms with E-state index in [1.54, 1.807) is 7.05 Å². The van der Waals surface area contributed by atoms with Crippen LogP contribution in [0, 0.1) is 5.82 Å². The molecule has 0 aliphatic carbocycles. The largest absolute Gasteiger partial charge is 0.419 e. The molecule has 2 rings (SSSR count). The second-order valence-corrected chi connectivity index (χ2v) is 4.26. The van der Waals surface area contributed by atoms with Crippen LogP contribution in [-0.2, 0) is 12.7 Å². The standard InChI is InChI=1S/C13H13F4N3/c1-18-5-6-20-8-9(7-19-20)10-3-2-4-11(14)12(10)13(15,16)17/h2-4,7-8,18H,5-6H2,1H3. The lowest BCUT2D eigenvalue weighted by Gasteiger charge is -2.12. The number of hydrogen-bond acceptors (Lipinski definition) is 2. The Morgan fingerprint density at radius 3 is 2.70 bits per heavy atom. The number of hydrogen-bond donors (Lipinski definition) is 1. The van der Waals surface area contributed by atoms with E-state index >= 15 is 0 Å². The number of halogens is 4. The van der Waals surface area contributed by atoms with Crippen molar-refractivity contribution < 1.29 is 17.6 Å². The van der Waals surface area contributed by atoms with Crippen molar-refractivity contribution in [3.63, 3.8) is 0 Å². The Labute approximate surface area is 113 Å². The van der Waals surface area contributed by atoms with Gasteiger partial charge in [-0.25, -0.2) is 4.39 Å². The Kier molecular flexibility index (Phi) is 4.08. The summed E-state index contributed by atoms with van der Waals surface area (Å²) in [5.74, 6) is -1.28. The maximum Gasteiger partial charge on any atom is 0.419 e. The van der Waals surface area contributed by atoms with Gasteiger partial charge in [-0.15, -0.1) is 0 Å². The van der Waals surface area contributed by atoms with Crippen molar-refractivity contribution in [2.75, 3.05) is 13.6 Å². The van der Waals surface area contributed by atoms with Gasteiger partial charge in [0.15, 0.2) is 0 Å². The lowest BCUT2D eigenvalue weighted by atomic mass is 10.0. The van der Waals surface area contributed by atoms with Crippen molar-refractivity contribution in [3.8, 4) is 11.1 Å². The molecule has 2 aromatic rings. The smallest absolute Gasteiger partial charge is 0.318 e. The highest BCUT2D eigenvalue weighted by Gasteiger charge is 2.37. The molecule has 0 spiro atoms. The van der Waals surface area contributed by atoms with Crippen LogP contribution >= 0.6 is 0 Å². The number of benzene rings is 1. The summed E-state index contributed by atoms with van der Waals surface area (Å²) in [6.45, 7) is 1.16. The molecule has 0 atom stereocenters. The van der Waals surface area contributed by atoms with Gasteiger partial charge in [0.05, 0.1) is 18.3 Å². The highest BCUT2D eigenvalue weighted by atomic mass is 19.4. The zero-order valence-corrected chi connectivity index (χ0v) is 10.7. The Bertz CT molecular complexity index is 590. The molecule has 0 saturated carbocycles. The molecule has 1 N–H and O–H groups in total. The van der Waals surface area contributed by atoms with E-state index in [0.29, 0.717) is 13.1 Å². The first-order valence-corrected chi connectivity index (χ1v) is 5.96. The third-order valence-corrected chi connectivity index (χ3v) is 2.83.